The fraction of sp³-hybridized carbons (Fsp3) is 0.214. The molecule has 22 heavy (non-hydrogen) atoms. The summed E-state index contributed by atoms with van der Waals surface area (Å²) in [7, 11) is -4.00. The third kappa shape index (κ3) is 8.13. The van der Waals surface area contributed by atoms with Gasteiger partial charge in [-0.2, -0.15) is 0 Å². The van der Waals surface area contributed by atoms with Gasteiger partial charge in [-0.15, -0.1) is 0 Å². The van der Waals surface area contributed by atoms with E-state index in [4.69, 9.17) is 4.74 Å². The van der Waals surface area contributed by atoms with Crippen molar-refractivity contribution in [3.8, 4) is 0 Å². The monoisotopic (exact) mass is 316 g/mol. The fourth-order valence-electron chi connectivity index (χ4n) is 1.62. The summed E-state index contributed by atoms with van der Waals surface area (Å²) < 4.78 is 48.7. The van der Waals surface area contributed by atoms with E-state index in [1.54, 1.807) is 0 Å². The van der Waals surface area contributed by atoms with Gasteiger partial charge in [0, 0.05) is 5.56 Å². The average Bonchev–Trinajstić information content (AvgIpc) is 2.83. The summed E-state index contributed by atoms with van der Waals surface area (Å²) in [6.45, 7) is 5.38. The van der Waals surface area contributed by atoms with E-state index in [-0.39, 0.29) is 0 Å². The second-order valence-corrected chi connectivity index (χ2v) is 4.45. The number of imidazole rings is 1. The molecule has 0 aliphatic rings. The van der Waals surface area contributed by atoms with Gasteiger partial charge in [-0.05, 0) is 0 Å². The quantitative estimate of drug-likeness (QED) is 0.358. The minimum atomic E-state index is -6.00. The molecule has 120 valence electrons. The standard InChI is InChI=1S/C14H17N2O.BF4/c1-13(14-6-4-3-5-7-14)17-11-10-16-9-8-15(2)12-16;2-1(3,4)5/h3-9,12H,1,10-11H2,2H3;/q+1;-1. The van der Waals surface area contributed by atoms with E-state index < -0.39 is 7.25 Å². The lowest BCUT2D eigenvalue weighted by Gasteiger charge is -2.07. The second kappa shape index (κ2) is 8.26. The molecule has 1 aromatic heterocycles. The van der Waals surface area contributed by atoms with E-state index in [9.17, 15) is 17.3 Å². The first-order valence-electron chi connectivity index (χ1n) is 6.51. The maximum Gasteiger partial charge on any atom is 0.673 e. The van der Waals surface area contributed by atoms with Gasteiger partial charge in [-0.1, -0.05) is 36.9 Å². The van der Waals surface area contributed by atoms with Crippen LogP contribution in [0.1, 0.15) is 5.56 Å². The highest BCUT2D eigenvalue weighted by Gasteiger charge is 2.20. The molecule has 0 saturated heterocycles. The van der Waals surface area contributed by atoms with E-state index in [1.165, 1.54) is 0 Å². The molecule has 2 aromatic rings. The highest BCUT2D eigenvalue weighted by molar-refractivity contribution is 6.50. The van der Waals surface area contributed by atoms with E-state index in [2.05, 4.69) is 11.1 Å². The zero-order valence-corrected chi connectivity index (χ0v) is 12.1. The lowest BCUT2D eigenvalue weighted by Crippen LogP contribution is -2.24. The zero-order valence-electron chi connectivity index (χ0n) is 12.1. The summed E-state index contributed by atoms with van der Waals surface area (Å²) in [5, 5.41) is 0. The smallest absolute Gasteiger partial charge is 0.489 e. The van der Waals surface area contributed by atoms with Crippen molar-refractivity contribution in [2.45, 2.75) is 6.54 Å². The third-order valence-corrected chi connectivity index (χ3v) is 2.55. The van der Waals surface area contributed by atoms with Crippen molar-refractivity contribution < 1.29 is 26.6 Å². The van der Waals surface area contributed by atoms with Crippen LogP contribution in [0, 0.1) is 0 Å². The number of hydrogen-bond acceptors (Lipinski definition) is 1. The van der Waals surface area contributed by atoms with Gasteiger partial charge in [0.1, 0.15) is 31.3 Å². The van der Waals surface area contributed by atoms with Crippen molar-refractivity contribution in [3.05, 3.63) is 61.2 Å². The minimum Gasteiger partial charge on any atom is -0.489 e. The Balaban J connectivity index is 0.000000422. The van der Waals surface area contributed by atoms with Gasteiger partial charge in [0.05, 0.1) is 7.05 Å². The van der Waals surface area contributed by atoms with Crippen molar-refractivity contribution in [1.29, 1.82) is 0 Å². The summed E-state index contributed by atoms with van der Waals surface area (Å²) in [4.78, 5) is 0. The second-order valence-electron chi connectivity index (χ2n) is 4.45. The lowest BCUT2D eigenvalue weighted by molar-refractivity contribution is -0.671. The predicted molar refractivity (Wildman–Crippen MR) is 77.2 cm³/mol. The van der Waals surface area contributed by atoms with Gasteiger partial charge in [0.15, 0.2) is 0 Å². The molecule has 0 fully saturated rings. The van der Waals surface area contributed by atoms with Gasteiger partial charge in [-0.25, -0.2) is 9.13 Å². The maximum atomic E-state index is 9.75. The number of halogens is 4. The van der Waals surface area contributed by atoms with Crippen LogP contribution in [-0.4, -0.2) is 18.4 Å². The van der Waals surface area contributed by atoms with Crippen LogP contribution in [-0.2, 0) is 18.3 Å². The molecule has 2 rings (SSSR count). The first-order valence-corrected chi connectivity index (χ1v) is 6.51. The Hall–Kier alpha value is -2.25. The number of nitrogens with zero attached hydrogens (tertiary/aromatic N) is 2. The lowest BCUT2D eigenvalue weighted by atomic mass is 10.2. The summed E-state index contributed by atoms with van der Waals surface area (Å²) >= 11 is 0. The molecular formula is C14H17BF4N2O. The molecule has 0 atom stereocenters. The van der Waals surface area contributed by atoms with Crippen LogP contribution in [0.15, 0.2) is 55.6 Å². The average molecular weight is 316 g/mol. The molecule has 3 nitrogen and oxygen atoms in total. The number of benzene rings is 1. The number of ether oxygens (including phenoxy) is 1. The van der Waals surface area contributed by atoms with Crippen molar-refractivity contribution >= 4 is 13.0 Å². The largest absolute Gasteiger partial charge is 0.673 e. The number of aromatic nitrogens is 2. The van der Waals surface area contributed by atoms with Gasteiger partial charge in [-0.3, -0.25) is 0 Å². The van der Waals surface area contributed by atoms with Crippen LogP contribution in [0.25, 0.3) is 5.76 Å². The topological polar surface area (TPSA) is 18.0 Å². The molecule has 0 aliphatic carbocycles. The molecule has 8 heteroatoms. The molecule has 1 aromatic carbocycles. The van der Waals surface area contributed by atoms with E-state index in [0.717, 1.165) is 17.9 Å². The normalized spacial score (nSPS) is 10.6. The Bertz CT molecular complexity index is 578. The first-order chi connectivity index (χ1) is 10.3. The van der Waals surface area contributed by atoms with Gasteiger partial charge >= 0.3 is 7.25 Å². The van der Waals surface area contributed by atoms with Crippen LogP contribution >= 0.6 is 0 Å². The van der Waals surface area contributed by atoms with Gasteiger partial charge < -0.3 is 22.0 Å². The Morgan fingerprint density at radius 3 is 2.32 bits per heavy atom. The van der Waals surface area contributed by atoms with Crippen molar-refractivity contribution in [2.75, 3.05) is 6.61 Å². The Labute approximate surface area is 126 Å². The summed E-state index contributed by atoms with van der Waals surface area (Å²) in [5.41, 5.74) is 1.03. The first kappa shape index (κ1) is 17.8. The minimum absolute atomic E-state index is 0.627. The molecular weight excluding hydrogens is 299 g/mol. The Kier molecular flexibility index (Phi) is 6.68. The molecule has 0 N–H and O–H groups in total. The number of rotatable bonds is 5. The van der Waals surface area contributed by atoms with E-state index >= 15 is 0 Å². The molecule has 0 unspecified atom stereocenters. The highest BCUT2D eigenvalue weighted by atomic mass is 19.5. The van der Waals surface area contributed by atoms with Crippen LogP contribution in [0.4, 0.5) is 17.3 Å². The number of aryl methyl sites for hydroxylation is 1. The summed E-state index contributed by atoms with van der Waals surface area (Å²) in [6, 6.07) is 9.94. The maximum absolute atomic E-state index is 9.75. The van der Waals surface area contributed by atoms with Gasteiger partial charge in [0.25, 0.3) is 0 Å². The summed E-state index contributed by atoms with van der Waals surface area (Å²) in [6.07, 6.45) is 6.05. The predicted octanol–water partition coefficient (Wildman–Crippen LogP) is 3.30. The molecule has 0 saturated carbocycles. The third-order valence-electron chi connectivity index (χ3n) is 2.55. The molecule has 0 bridgehead atoms. The van der Waals surface area contributed by atoms with Crippen molar-refractivity contribution in [2.24, 2.45) is 7.05 Å². The molecule has 0 aliphatic heterocycles. The van der Waals surface area contributed by atoms with Crippen LogP contribution in [0.2, 0.25) is 0 Å². The van der Waals surface area contributed by atoms with Crippen LogP contribution < -0.4 is 4.57 Å². The van der Waals surface area contributed by atoms with Crippen LogP contribution in [0.5, 0.6) is 0 Å². The van der Waals surface area contributed by atoms with Crippen LogP contribution in [0.3, 0.4) is 0 Å². The van der Waals surface area contributed by atoms with E-state index in [1.807, 2.05) is 60.7 Å². The summed E-state index contributed by atoms with van der Waals surface area (Å²) in [5.74, 6) is 0.724. The number of hydrogen-bond donors (Lipinski definition) is 0. The SMILES string of the molecule is C=C(OCCn1cc[n+](C)c1)c1ccccc1.F[B-](F)(F)F. The van der Waals surface area contributed by atoms with Crippen molar-refractivity contribution in [1.82, 2.24) is 4.57 Å². The van der Waals surface area contributed by atoms with E-state index in [0.29, 0.717) is 6.61 Å². The molecule has 1 heterocycles. The molecule has 0 amide bonds. The zero-order chi connectivity index (χ0) is 16.6. The molecule has 0 radical (unpaired) electrons. The van der Waals surface area contributed by atoms with Crippen molar-refractivity contribution in [3.63, 3.8) is 0 Å². The molecule has 0 spiro atoms. The van der Waals surface area contributed by atoms with Gasteiger partial charge in [0.2, 0.25) is 6.33 Å². The highest BCUT2D eigenvalue weighted by Crippen LogP contribution is 2.12. The fourth-order valence-corrected chi connectivity index (χ4v) is 1.62. The Morgan fingerprint density at radius 2 is 1.82 bits per heavy atom. The Morgan fingerprint density at radius 1 is 1.23 bits per heavy atom.